The van der Waals surface area contributed by atoms with Crippen molar-refractivity contribution in [3.05, 3.63) is 101 Å². The number of aliphatic carboxylic acids is 1. The van der Waals surface area contributed by atoms with Crippen molar-refractivity contribution in [1.29, 1.82) is 0 Å². The van der Waals surface area contributed by atoms with Gasteiger partial charge in [0.25, 0.3) is 0 Å². The zero-order valence-corrected chi connectivity index (χ0v) is 19.9. The van der Waals surface area contributed by atoms with Crippen LogP contribution in [-0.2, 0) is 11.2 Å². The lowest BCUT2D eigenvalue weighted by Gasteiger charge is -2.44. The third-order valence-corrected chi connectivity index (χ3v) is 6.31. The Labute approximate surface area is 203 Å². The smallest absolute Gasteiger partial charge is 0.328 e. The molecular weight excluding hydrogens is 451 g/mol. The van der Waals surface area contributed by atoms with Gasteiger partial charge in [-0.15, -0.1) is 0 Å². The number of benzene rings is 3. The van der Waals surface area contributed by atoms with Crippen molar-refractivity contribution >= 4 is 12.0 Å². The third-order valence-electron chi connectivity index (χ3n) is 6.31. The summed E-state index contributed by atoms with van der Waals surface area (Å²) >= 11 is 0. The average Bonchev–Trinajstić information content (AvgIpc) is 2.78. The monoisotopic (exact) mass is 479 g/mol. The second-order valence-corrected chi connectivity index (χ2v) is 9.70. The van der Waals surface area contributed by atoms with Crippen molar-refractivity contribution in [3.8, 4) is 11.1 Å². The largest absolute Gasteiger partial charge is 0.478 e. The van der Waals surface area contributed by atoms with E-state index in [2.05, 4.69) is 0 Å². The summed E-state index contributed by atoms with van der Waals surface area (Å²) in [5.74, 6) is -2.81. The van der Waals surface area contributed by atoms with Crippen molar-refractivity contribution in [1.82, 2.24) is 4.90 Å². The van der Waals surface area contributed by atoms with Gasteiger partial charge in [0.2, 0.25) is 0 Å². The van der Waals surface area contributed by atoms with Gasteiger partial charge < -0.3 is 5.11 Å². The van der Waals surface area contributed by atoms with Crippen LogP contribution in [0.2, 0.25) is 0 Å². The van der Waals surface area contributed by atoms with Crippen LogP contribution in [0.25, 0.3) is 17.2 Å². The zero-order chi connectivity index (χ0) is 25.3. The van der Waals surface area contributed by atoms with Gasteiger partial charge in [-0.05, 0) is 73.2 Å². The van der Waals surface area contributed by atoms with Gasteiger partial charge in [-0.1, -0.05) is 48.5 Å². The van der Waals surface area contributed by atoms with E-state index in [4.69, 9.17) is 5.11 Å². The minimum atomic E-state index is -1.58. The summed E-state index contributed by atoms with van der Waals surface area (Å²) in [4.78, 5) is 12.6. The van der Waals surface area contributed by atoms with E-state index < -0.39 is 29.3 Å². The first-order chi connectivity index (χ1) is 16.5. The summed E-state index contributed by atoms with van der Waals surface area (Å²) in [6.07, 6.45) is 2.59. The van der Waals surface area contributed by atoms with Gasteiger partial charge in [-0.3, -0.25) is 4.90 Å². The summed E-state index contributed by atoms with van der Waals surface area (Å²) < 4.78 is 45.7. The maximum Gasteiger partial charge on any atom is 0.328 e. The summed E-state index contributed by atoms with van der Waals surface area (Å²) in [5.41, 5.74) is 2.10. The number of halogens is 3. The molecular formula is C29H28F3NO2. The molecule has 6 heteroatoms. The van der Waals surface area contributed by atoms with Crippen LogP contribution in [0, 0.1) is 11.6 Å². The molecule has 1 aliphatic rings. The van der Waals surface area contributed by atoms with E-state index >= 15 is 8.78 Å². The van der Waals surface area contributed by atoms with Gasteiger partial charge in [0.05, 0.1) is 6.04 Å². The minimum absolute atomic E-state index is 0.00173. The molecule has 3 nitrogen and oxygen atoms in total. The van der Waals surface area contributed by atoms with Crippen LogP contribution in [0.3, 0.4) is 0 Å². The Morgan fingerprint density at radius 2 is 1.71 bits per heavy atom. The molecule has 0 aliphatic carbocycles. The standard InChI is InChI=1S/C29H28F3NO2/c1-18-13-22-16-21(20-7-5-4-6-8-20)10-11-23(22)28(33(18)17-29(2,3)32)27-24(30)14-19(15-25(27)31)9-12-26(34)35/h4-12,14-16,18,28H,13,17H2,1-3H3,(H,34,35)/b12-9+/t18-,28+/m0/s1. The molecule has 35 heavy (non-hydrogen) atoms. The SMILES string of the molecule is C[C@H]1Cc2cc(-c3ccccc3)ccc2[C@H](c2c(F)cc(/C=C/C(=O)O)cc2F)N1CC(C)(C)F. The van der Waals surface area contributed by atoms with E-state index in [1.165, 1.54) is 13.8 Å². The number of rotatable bonds is 6. The maximum atomic E-state index is 15.4. The second kappa shape index (κ2) is 9.70. The molecule has 0 aromatic heterocycles. The highest BCUT2D eigenvalue weighted by molar-refractivity contribution is 5.85. The van der Waals surface area contributed by atoms with Crippen molar-refractivity contribution in [3.63, 3.8) is 0 Å². The fourth-order valence-electron chi connectivity index (χ4n) is 4.86. The van der Waals surface area contributed by atoms with Crippen LogP contribution < -0.4 is 0 Å². The summed E-state index contributed by atoms with van der Waals surface area (Å²) in [6.45, 7) is 4.85. The average molecular weight is 480 g/mol. The Morgan fingerprint density at radius 1 is 1.06 bits per heavy atom. The van der Waals surface area contributed by atoms with Crippen LogP contribution in [0.5, 0.6) is 0 Å². The molecule has 0 saturated carbocycles. The quantitative estimate of drug-likeness (QED) is 0.395. The van der Waals surface area contributed by atoms with E-state index in [1.807, 2.05) is 60.4 Å². The number of alkyl halides is 1. The van der Waals surface area contributed by atoms with Gasteiger partial charge in [0.15, 0.2) is 0 Å². The van der Waals surface area contributed by atoms with Crippen LogP contribution in [0.15, 0.2) is 66.7 Å². The summed E-state index contributed by atoms with van der Waals surface area (Å²) in [5, 5.41) is 8.84. The number of carboxylic acid groups (broad SMARTS) is 1. The highest BCUT2D eigenvalue weighted by atomic mass is 19.1. The number of nitrogens with zero attached hydrogens (tertiary/aromatic N) is 1. The van der Waals surface area contributed by atoms with E-state index in [-0.39, 0.29) is 23.7 Å². The molecule has 4 rings (SSSR count). The first-order valence-electron chi connectivity index (χ1n) is 11.6. The normalized spacial score (nSPS) is 18.6. The number of carbonyl (C=O) groups is 1. The molecule has 0 bridgehead atoms. The highest BCUT2D eigenvalue weighted by Crippen LogP contribution is 2.42. The van der Waals surface area contributed by atoms with Crippen LogP contribution >= 0.6 is 0 Å². The molecule has 0 fully saturated rings. The topological polar surface area (TPSA) is 40.5 Å². The first kappa shape index (κ1) is 24.7. The van der Waals surface area contributed by atoms with Crippen LogP contribution in [-0.4, -0.2) is 34.2 Å². The molecule has 3 aromatic rings. The zero-order valence-electron chi connectivity index (χ0n) is 19.9. The Kier molecular flexibility index (Phi) is 6.86. The fraction of sp³-hybridized carbons (Fsp3) is 0.276. The number of fused-ring (bicyclic) bond motifs is 1. The molecule has 1 N–H and O–H groups in total. The molecule has 0 spiro atoms. The van der Waals surface area contributed by atoms with Crippen LogP contribution in [0.4, 0.5) is 13.2 Å². The predicted molar refractivity (Wildman–Crippen MR) is 132 cm³/mol. The molecule has 0 radical (unpaired) electrons. The first-order valence-corrected chi connectivity index (χ1v) is 11.6. The number of hydrogen-bond acceptors (Lipinski definition) is 2. The molecule has 1 aliphatic heterocycles. The summed E-state index contributed by atoms with van der Waals surface area (Å²) in [6, 6.07) is 17.0. The molecule has 2 atom stereocenters. The third kappa shape index (κ3) is 5.49. The number of hydrogen-bond donors (Lipinski definition) is 1. The highest BCUT2D eigenvalue weighted by Gasteiger charge is 2.39. The van der Waals surface area contributed by atoms with Crippen molar-refractivity contribution in [2.75, 3.05) is 6.54 Å². The van der Waals surface area contributed by atoms with Gasteiger partial charge in [0.1, 0.15) is 17.3 Å². The fourth-order valence-corrected chi connectivity index (χ4v) is 4.86. The lowest BCUT2D eigenvalue weighted by Crippen LogP contribution is -2.48. The van der Waals surface area contributed by atoms with Gasteiger partial charge in [0, 0.05) is 24.2 Å². The Balaban J connectivity index is 1.86. The van der Waals surface area contributed by atoms with Crippen molar-refractivity contribution in [2.45, 2.75) is 44.9 Å². The predicted octanol–water partition coefficient (Wildman–Crippen LogP) is 6.81. The number of carboxylic acids is 1. The van der Waals surface area contributed by atoms with E-state index in [1.54, 1.807) is 0 Å². The van der Waals surface area contributed by atoms with E-state index in [0.29, 0.717) is 6.42 Å². The molecule has 0 saturated heterocycles. The summed E-state index contributed by atoms with van der Waals surface area (Å²) in [7, 11) is 0. The van der Waals surface area contributed by atoms with Gasteiger partial charge >= 0.3 is 5.97 Å². The van der Waals surface area contributed by atoms with Crippen LogP contribution in [0.1, 0.15) is 49.1 Å². The lowest BCUT2D eigenvalue weighted by molar-refractivity contribution is -0.131. The molecule has 0 amide bonds. The Hall–Kier alpha value is -3.38. The van der Waals surface area contributed by atoms with Crippen molar-refractivity contribution in [2.24, 2.45) is 0 Å². The second-order valence-electron chi connectivity index (χ2n) is 9.70. The van der Waals surface area contributed by atoms with Crippen molar-refractivity contribution < 1.29 is 23.1 Å². The molecule has 182 valence electrons. The van der Waals surface area contributed by atoms with Gasteiger partial charge in [-0.25, -0.2) is 18.0 Å². The van der Waals surface area contributed by atoms with E-state index in [0.717, 1.165) is 46.5 Å². The molecule has 3 aromatic carbocycles. The maximum absolute atomic E-state index is 15.4. The lowest BCUT2D eigenvalue weighted by atomic mass is 9.82. The van der Waals surface area contributed by atoms with Gasteiger partial charge in [-0.2, -0.15) is 0 Å². The molecule has 0 unspecified atom stereocenters. The Morgan fingerprint density at radius 3 is 2.31 bits per heavy atom. The minimum Gasteiger partial charge on any atom is -0.478 e. The Bertz CT molecular complexity index is 1240. The molecule has 1 heterocycles. The van der Waals surface area contributed by atoms with E-state index in [9.17, 15) is 9.18 Å².